The monoisotopic (exact) mass is 319 g/mol. The van der Waals surface area contributed by atoms with E-state index in [-0.39, 0.29) is 12.3 Å². The lowest BCUT2D eigenvalue weighted by atomic mass is 9.88. The van der Waals surface area contributed by atoms with Crippen LogP contribution in [0.3, 0.4) is 0 Å². The van der Waals surface area contributed by atoms with Gasteiger partial charge in [-0.2, -0.15) is 5.26 Å². The van der Waals surface area contributed by atoms with Crippen LogP contribution in [0.15, 0.2) is 42.5 Å². The number of carbonyl (C=O) groups excluding carboxylic acids is 2. The Balaban J connectivity index is 2.01. The summed E-state index contributed by atoms with van der Waals surface area (Å²) in [5, 5.41) is 8.70. The molecule has 24 heavy (non-hydrogen) atoms. The van der Waals surface area contributed by atoms with Crippen LogP contribution >= 0.6 is 0 Å². The van der Waals surface area contributed by atoms with E-state index in [0.717, 1.165) is 22.3 Å². The van der Waals surface area contributed by atoms with Crippen molar-refractivity contribution >= 4 is 11.8 Å². The molecule has 0 aliphatic carbocycles. The van der Waals surface area contributed by atoms with E-state index in [0.29, 0.717) is 25.1 Å². The van der Waals surface area contributed by atoms with Gasteiger partial charge in [-0.3, -0.25) is 9.59 Å². The van der Waals surface area contributed by atoms with Crippen molar-refractivity contribution in [1.82, 2.24) is 4.90 Å². The minimum atomic E-state index is -0.454. The van der Waals surface area contributed by atoms with Crippen LogP contribution in [-0.2, 0) is 17.8 Å². The quantitative estimate of drug-likeness (QED) is 0.941. The van der Waals surface area contributed by atoms with Gasteiger partial charge in [0.1, 0.15) is 6.42 Å². The Morgan fingerprint density at radius 1 is 1.12 bits per heavy atom. The first-order chi connectivity index (χ1) is 11.6. The Morgan fingerprint density at radius 3 is 2.62 bits per heavy atom. The highest BCUT2D eigenvalue weighted by Gasteiger charge is 2.23. The summed E-state index contributed by atoms with van der Waals surface area (Å²) in [4.78, 5) is 25.4. The molecule has 0 aromatic heterocycles. The van der Waals surface area contributed by atoms with E-state index in [1.807, 2.05) is 36.4 Å². The fourth-order valence-electron chi connectivity index (χ4n) is 3.19. The second-order valence-corrected chi connectivity index (χ2v) is 5.75. The maximum Gasteiger partial charge on any atom is 0.249 e. The number of nitrogens with zero attached hydrogens (tertiary/aromatic N) is 2. The van der Waals surface area contributed by atoms with E-state index in [4.69, 9.17) is 11.0 Å². The Bertz CT molecular complexity index is 852. The van der Waals surface area contributed by atoms with Crippen LogP contribution < -0.4 is 5.73 Å². The van der Waals surface area contributed by atoms with Crippen molar-refractivity contribution in [2.24, 2.45) is 5.73 Å². The van der Waals surface area contributed by atoms with Gasteiger partial charge in [-0.1, -0.05) is 36.4 Å². The fourth-order valence-corrected chi connectivity index (χ4v) is 3.19. The van der Waals surface area contributed by atoms with Crippen molar-refractivity contribution in [2.75, 3.05) is 6.54 Å². The lowest BCUT2D eigenvalue weighted by Crippen LogP contribution is -2.35. The molecule has 2 aromatic carbocycles. The first-order valence-corrected chi connectivity index (χ1v) is 7.76. The predicted octanol–water partition coefficient (Wildman–Crippen LogP) is 2.25. The molecule has 2 amide bonds. The number of nitrogens with two attached hydrogens (primary N) is 1. The number of nitriles is 1. The average molecular weight is 319 g/mol. The van der Waals surface area contributed by atoms with Crippen LogP contribution in [0.5, 0.6) is 0 Å². The van der Waals surface area contributed by atoms with Gasteiger partial charge >= 0.3 is 0 Å². The van der Waals surface area contributed by atoms with Crippen molar-refractivity contribution in [3.05, 3.63) is 59.2 Å². The van der Waals surface area contributed by atoms with Gasteiger partial charge in [-0.25, -0.2) is 0 Å². The molecule has 120 valence electrons. The van der Waals surface area contributed by atoms with Crippen molar-refractivity contribution < 1.29 is 9.59 Å². The second-order valence-electron chi connectivity index (χ2n) is 5.75. The minimum absolute atomic E-state index is 0.0977. The molecule has 2 N–H and O–H groups in total. The molecule has 0 bridgehead atoms. The lowest BCUT2D eigenvalue weighted by molar-refractivity contribution is -0.131. The van der Waals surface area contributed by atoms with Gasteiger partial charge < -0.3 is 10.6 Å². The number of primary amides is 1. The van der Waals surface area contributed by atoms with Crippen LogP contribution in [0.25, 0.3) is 11.1 Å². The Morgan fingerprint density at radius 2 is 1.88 bits per heavy atom. The Labute approximate surface area is 140 Å². The molecule has 0 saturated carbocycles. The molecule has 1 aliphatic heterocycles. The van der Waals surface area contributed by atoms with Gasteiger partial charge in [0.2, 0.25) is 11.8 Å². The van der Waals surface area contributed by atoms with Crippen LogP contribution in [0.2, 0.25) is 0 Å². The van der Waals surface area contributed by atoms with Crippen LogP contribution in [0.1, 0.15) is 27.9 Å². The summed E-state index contributed by atoms with van der Waals surface area (Å²) in [5.74, 6) is -0.601. The number of hydrogen-bond acceptors (Lipinski definition) is 3. The van der Waals surface area contributed by atoms with Crippen LogP contribution in [0.4, 0.5) is 0 Å². The molecule has 0 radical (unpaired) electrons. The molecule has 1 aliphatic rings. The number of amides is 2. The van der Waals surface area contributed by atoms with E-state index < -0.39 is 5.91 Å². The topological polar surface area (TPSA) is 87.2 Å². The summed E-state index contributed by atoms with van der Waals surface area (Å²) in [6.45, 7) is 1.06. The maximum absolute atomic E-state index is 11.9. The average Bonchev–Trinajstić information content (AvgIpc) is 2.61. The summed E-state index contributed by atoms with van der Waals surface area (Å²) < 4.78 is 0. The van der Waals surface area contributed by atoms with Gasteiger partial charge in [-0.05, 0) is 34.7 Å². The van der Waals surface area contributed by atoms with E-state index >= 15 is 0 Å². The minimum Gasteiger partial charge on any atom is -0.366 e. The van der Waals surface area contributed by atoms with Crippen LogP contribution in [-0.4, -0.2) is 23.3 Å². The van der Waals surface area contributed by atoms with E-state index in [1.165, 1.54) is 0 Å². The van der Waals surface area contributed by atoms with Crippen molar-refractivity contribution in [2.45, 2.75) is 19.4 Å². The number of fused-ring (bicyclic) bond motifs is 1. The number of carbonyl (C=O) groups is 2. The van der Waals surface area contributed by atoms with E-state index in [2.05, 4.69) is 0 Å². The lowest BCUT2D eigenvalue weighted by Gasteiger charge is -2.30. The zero-order chi connectivity index (χ0) is 17.1. The third kappa shape index (κ3) is 2.86. The zero-order valence-corrected chi connectivity index (χ0v) is 13.2. The van der Waals surface area contributed by atoms with Crippen molar-refractivity contribution in [3.63, 3.8) is 0 Å². The number of hydrogen-bond donors (Lipinski definition) is 1. The van der Waals surface area contributed by atoms with Gasteiger partial charge in [0, 0.05) is 18.7 Å². The summed E-state index contributed by atoms with van der Waals surface area (Å²) in [6, 6.07) is 15.1. The zero-order valence-electron chi connectivity index (χ0n) is 13.2. The standard InChI is InChI=1S/C19H17N3O2/c20-10-8-18(23)22-11-9-14-13(12-22)4-3-7-15(14)16-5-1-2-6-17(16)19(21)24/h1-7H,8-9,11-12H2,(H2,21,24). The summed E-state index contributed by atoms with van der Waals surface area (Å²) in [5.41, 5.74) is 9.97. The summed E-state index contributed by atoms with van der Waals surface area (Å²) in [6.07, 6.45) is 0.593. The van der Waals surface area contributed by atoms with E-state index in [1.54, 1.807) is 17.0 Å². The molecule has 0 saturated heterocycles. The highest BCUT2D eigenvalue weighted by Crippen LogP contribution is 2.32. The first kappa shape index (κ1) is 15.8. The normalized spacial score (nSPS) is 13.0. The molecule has 2 aromatic rings. The van der Waals surface area contributed by atoms with E-state index in [9.17, 15) is 9.59 Å². The van der Waals surface area contributed by atoms with Gasteiger partial charge in [0.25, 0.3) is 0 Å². The first-order valence-electron chi connectivity index (χ1n) is 7.76. The Hall–Kier alpha value is -3.13. The molecule has 5 nitrogen and oxygen atoms in total. The molecule has 0 fully saturated rings. The smallest absolute Gasteiger partial charge is 0.249 e. The number of benzene rings is 2. The molecule has 0 unspecified atom stereocenters. The van der Waals surface area contributed by atoms with Gasteiger partial charge in [0.15, 0.2) is 0 Å². The number of rotatable bonds is 3. The maximum atomic E-state index is 11.9. The third-order valence-corrected chi connectivity index (χ3v) is 4.33. The van der Waals surface area contributed by atoms with Gasteiger partial charge in [0.05, 0.1) is 6.07 Å². The Kier molecular flexibility index (Phi) is 4.30. The molecule has 0 atom stereocenters. The molecular formula is C19H17N3O2. The molecule has 3 rings (SSSR count). The van der Waals surface area contributed by atoms with Gasteiger partial charge in [-0.15, -0.1) is 0 Å². The van der Waals surface area contributed by atoms with Crippen LogP contribution in [0, 0.1) is 11.3 Å². The summed E-state index contributed by atoms with van der Waals surface area (Å²) >= 11 is 0. The SMILES string of the molecule is N#CCC(=O)N1CCc2c(cccc2-c2ccccc2C(N)=O)C1. The highest BCUT2D eigenvalue weighted by atomic mass is 16.2. The molecule has 0 spiro atoms. The second kappa shape index (κ2) is 6.55. The molecular weight excluding hydrogens is 302 g/mol. The predicted molar refractivity (Wildman–Crippen MR) is 89.7 cm³/mol. The summed E-state index contributed by atoms with van der Waals surface area (Å²) in [7, 11) is 0. The molecule has 5 heteroatoms. The largest absolute Gasteiger partial charge is 0.366 e. The fraction of sp³-hybridized carbons (Fsp3) is 0.211. The highest BCUT2D eigenvalue weighted by molar-refractivity contribution is 6.00. The third-order valence-electron chi connectivity index (χ3n) is 4.33. The van der Waals surface area contributed by atoms with Crippen molar-refractivity contribution in [1.29, 1.82) is 5.26 Å². The molecule has 1 heterocycles. The van der Waals surface area contributed by atoms with Crippen molar-refractivity contribution in [3.8, 4) is 17.2 Å².